The van der Waals surface area contributed by atoms with Gasteiger partial charge in [-0.1, -0.05) is 42.0 Å². The second-order valence-electron chi connectivity index (χ2n) is 6.77. The Morgan fingerprint density at radius 3 is 2.62 bits per heavy atom. The number of ether oxygens (including phenoxy) is 1. The van der Waals surface area contributed by atoms with E-state index in [0.29, 0.717) is 32.2 Å². The molecule has 2 aromatic carbocycles. The third kappa shape index (κ3) is 4.43. The summed E-state index contributed by atoms with van der Waals surface area (Å²) in [7, 11) is 1.50. The van der Waals surface area contributed by atoms with E-state index in [9.17, 15) is 10.1 Å². The third-order valence-corrected chi connectivity index (χ3v) is 6.24. The normalized spacial score (nSPS) is 10.4. The molecule has 0 radical (unpaired) electrons. The van der Waals surface area contributed by atoms with E-state index in [0.717, 1.165) is 21.7 Å². The van der Waals surface area contributed by atoms with E-state index in [2.05, 4.69) is 16.4 Å². The van der Waals surface area contributed by atoms with Crippen molar-refractivity contribution >= 4 is 46.8 Å². The quantitative estimate of drug-likeness (QED) is 0.305. The molecule has 0 atom stereocenters. The van der Waals surface area contributed by atoms with Crippen molar-refractivity contribution in [3.8, 4) is 33.5 Å². The Bertz CT molecular complexity index is 1390. The topological polar surface area (TPSA) is 77.9 Å². The largest absolute Gasteiger partial charge is 0.496 e. The molecule has 0 saturated heterocycles. The summed E-state index contributed by atoms with van der Waals surface area (Å²) in [6.45, 7) is 0. The van der Waals surface area contributed by atoms with E-state index in [4.69, 9.17) is 28.6 Å². The molecule has 2 aromatic heterocycles. The Morgan fingerprint density at radius 2 is 1.97 bits per heavy atom. The van der Waals surface area contributed by atoms with Gasteiger partial charge in [-0.3, -0.25) is 4.79 Å². The molecule has 4 rings (SSSR count). The number of aromatic amines is 1. The van der Waals surface area contributed by atoms with E-state index < -0.39 is 0 Å². The lowest BCUT2D eigenvalue weighted by Crippen LogP contribution is -2.13. The molecule has 4 aromatic rings. The summed E-state index contributed by atoms with van der Waals surface area (Å²) in [5.74, 6) is 0.0961. The molecule has 0 aliphatic rings. The lowest BCUT2D eigenvalue weighted by Gasteiger charge is -2.11. The molecule has 158 valence electrons. The lowest BCUT2D eigenvalue weighted by atomic mass is 10.0. The summed E-state index contributed by atoms with van der Waals surface area (Å²) in [5, 5.41) is 14.9. The van der Waals surface area contributed by atoms with E-state index in [1.54, 1.807) is 41.7 Å². The number of aromatic nitrogens is 1. The van der Waals surface area contributed by atoms with Gasteiger partial charge in [0, 0.05) is 16.3 Å². The molecule has 2 N–H and O–H groups in total. The van der Waals surface area contributed by atoms with Gasteiger partial charge in [-0.15, -0.1) is 11.3 Å². The Hall–Kier alpha value is -3.44. The van der Waals surface area contributed by atoms with E-state index in [1.165, 1.54) is 7.11 Å². The van der Waals surface area contributed by atoms with Crippen molar-refractivity contribution in [2.75, 3.05) is 12.4 Å². The zero-order valence-electron chi connectivity index (χ0n) is 16.8. The van der Waals surface area contributed by atoms with E-state index >= 15 is 0 Å². The minimum atomic E-state index is -0.336. The summed E-state index contributed by atoms with van der Waals surface area (Å²) in [6, 6.07) is 20.2. The first-order chi connectivity index (χ1) is 15.5. The molecule has 8 heteroatoms. The third-order valence-electron chi connectivity index (χ3n) is 4.79. The second kappa shape index (κ2) is 9.37. The van der Waals surface area contributed by atoms with Gasteiger partial charge < -0.3 is 15.0 Å². The van der Waals surface area contributed by atoms with Crippen molar-refractivity contribution in [1.29, 1.82) is 5.26 Å². The number of methoxy groups -OCH3 is 1. The molecule has 32 heavy (non-hydrogen) atoms. The maximum atomic E-state index is 12.7. The number of anilines is 1. The average Bonchev–Trinajstić information content (AvgIpc) is 3.34. The maximum absolute atomic E-state index is 12.7. The predicted octanol–water partition coefficient (Wildman–Crippen LogP) is 6.93. The van der Waals surface area contributed by atoms with Crippen LogP contribution in [0.5, 0.6) is 5.75 Å². The number of rotatable bonds is 5. The first-order valence-corrected chi connectivity index (χ1v) is 11.1. The first-order valence-electron chi connectivity index (χ1n) is 9.47. The van der Waals surface area contributed by atoms with Crippen LogP contribution in [-0.2, 0) is 0 Å². The molecule has 0 spiro atoms. The number of carbonyl (C=O) groups is 1. The van der Waals surface area contributed by atoms with Gasteiger partial charge in [0.05, 0.1) is 28.8 Å². The van der Waals surface area contributed by atoms with Crippen molar-refractivity contribution in [3.05, 3.63) is 86.8 Å². The first kappa shape index (κ1) is 21.8. The highest BCUT2D eigenvalue weighted by molar-refractivity contribution is 7.71. The fraction of sp³-hybridized carbons (Fsp3) is 0.0417. The molecule has 2 heterocycles. The summed E-state index contributed by atoms with van der Waals surface area (Å²) >= 11 is 13.0. The Labute approximate surface area is 198 Å². The predicted molar refractivity (Wildman–Crippen MR) is 131 cm³/mol. The minimum Gasteiger partial charge on any atom is -0.496 e. The highest BCUT2D eigenvalue weighted by atomic mass is 35.5. The number of nitriles is 1. The fourth-order valence-electron chi connectivity index (χ4n) is 3.25. The Morgan fingerprint density at radius 1 is 1.19 bits per heavy atom. The van der Waals surface area contributed by atoms with Crippen LogP contribution in [0, 0.1) is 16.0 Å². The van der Waals surface area contributed by atoms with Crippen LogP contribution in [0.25, 0.3) is 21.7 Å². The van der Waals surface area contributed by atoms with Crippen molar-refractivity contribution in [3.63, 3.8) is 0 Å². The Kier molecular flexibility index (Phi) is 6.37. The molecule has 0 aliphatic carbocycles. The zero-order valence-corrected chi connectivity index (χ0v) is 19.2. The van der Waals surface area contributed by atoms with Gasteiger partial charge >= 0.3 is 0 Å². The van der Waals surface area contributed by atoms with E-state index in [-0.39, 0.29) is 5.91 Å². The van der Waals surface area contributed by atoms with Crippen LogP contribution in [0.4, 0.5) is 5.69 Å². The van der Waals surface area contributed by atoms with Crippen LogP contribution >= 0.6 is 35.2 Å². The minimum absolute atomic E-state index is 0.336. The smallest absolute Gasteiger partial charge is 0.259 e. The molecule has 1 amide bonds. The average molecular weight is 478 g/mol. The number of H-pyrrole nitrogens is 1. The molecular weight excluding hydrogens is 462 g/mol. The highest BCUT2D eigenvalue weighted by Gasteiger charge is 2.14. The number of carbonyl (C=O) groups excluding carboxylic acids is 1. The number of halogens is 1. The number of hydrogen-bond donors (Lipinski definition) is 2. The van der Waals surface area contributed by atoms with Gasteiger partial charge in [-0.25, -0.2) is 0 Å². The number of nitrogens with zero attached hydrogens (tertiary/aromatic N) is 1. The monoisotopic (exact) mass is 477 g/mol. The highest BCUT2D eigenvalue weighted by Crippen LogP contribution is 2.31. The van der Waals surface area contributed by atoms with Gasteiger partial charge in [0.25, 0.3) is 5.91 Å². The molecule has 0 fully saturated rings. The molecule has 5 nitrogen and oxygen atoms in total. The summed E-state index contributed by atoms with van der Waals surface area (Å²) in [4.78, 5) is 16.9. The number of amides is 1. The van der Waals surface area contributed by atoms with E-state index in [1.807, 2.05) is 35.7 Å². The molecule has 0 bridgehead atoms. The van der Waals surface area contributed by atoms with Crippen LogP contribution in [0.1, 0.15) is 15.9 Å². The van der Waals surface area contributed by atoms with Crippen LogP contribution in [0.2, 0.25) is 5.02 Å². The standard InChI is InChI=1S/C24H16ClN3O2S2/c1-30-21-9-6-15(25)11-18(21)23(29)27-16-7-4-14(5-8-16)17-12-20(22-3-2-10-32-22)28-24(31)19(17)13-26/h2-12H,1H3,(H,27,29)(H,28,31). The van der Waals surface area contributed by atoms with Gasteiger partial charge in [-0.05, 0) is 53.4 Å². The van der Waals surface area contributed by atoms with Crippen LogP contribution in [-0.4, -0.2) is 18.0 Å². The number of nitrogens with one attached hydrogen (secondary N) is 2. The summed E-state index contributed by atoms with van der Waals surface area (Å²) in [5.41, 5.74) is 3.74. The second-order valence-corrected chi connectivity index (χ2v) is 8.56. The van der Waals surface area contributed by atoms with Crippen molar-refractivity contribution in [2.24, 2.45) is 0 Å². The fourth-order valence-corrected chi connectivity index (χ4v) is 4.39. The maximum Gasteiger partial charge on any atom is 0.259 e. The zero-order chi connectivity index (χ0) is 22.7. The SMILES string of the molecule is COc1ccc(Cl)cc1C(=O)Nc1ccc(-c2cc(-c3cccs3)[nH]c(=S)c2C#N)cc1. The number of thiophene rings is 1. The summed E-state index contributed by atoms with van der Waals surface area (Å²) in [6.07, 6.45) is 0. The van der Waals surface area contributed by atoms with Gasteiger partial charge in [0.15, 0.2) is 0 Å². The molecule has 0 unspecified atom stereocenters. The van der Waals surface area contributed by atoms with Crippen LogP contribution < -0.4 is 10.1 Å². The summed E-state index contributed by atoms with van der Waals surface area (Å²) < 4.78 is 5.64. The van der Waals surface area contributed by atoms with Gasteiger partial charge in [0.2, 0.25) is 0 Å². The van der Waals surface area contributed by atoms with Crippen molar-refractivity contribution < 1.29 is 9.53 Å². The number of pyridine rings is 1. The lowest BCUT2D eigenvalue weighted by molar-refractivity contribution is 0.102. The molecular formula is C24H16ClN3O2S2. The molecule has 0 saturated carbocycles. The number of benzene rings is 2. The number of hydrogen-bond acceptors (Lipinski definition) is 5. The van der Waals surface area contributed by atoms with Crippen molar-refractivity contribution in [2.45, 2.75) is 0 Å². The van der Waals surface area contributed by atoms with Crippen LogP contribution in [0.15, 0.2) is 66.0 Å². The van der Waals surface area contributed by atoms with Gasteiger partial charge in [-0.2, -0.15) is 5.26 Å². The van der Waals surface area contributed by atoms with Crippen LogP contribution in [0.3, 0.4) is 0 Å². The molecule has 0 aliphatic heterocycles. The Balaban J connectivity index is 1.65. The van der Waals surface area contributed by atoms with Crippen molar-refractivity contribution in [1.82, 2.24) is 4.98 Å². The van der Waals surface area contributed by atoms with Gasteiger partial charge in [0.1, 0.15) is 16.5 Å².